The molecule has 2 unspecified atom stereocenters. The molecule has 242 valence electrons. The zero-order valence-electron chi connectivity index (χ0n) is 25.9. The van der Waals surface area contributed by atoms with Gasteiger partial charge in [0.05, 0.1) is 17.7 Å². The van der Waals surface area contributed by atoms with E-state index in [-0.39, 0.29) is 29.6 Å². The molecule has 1 N–H and O–H groups in total. The smallest absolute Gasteiger partial charge is 0.264 e. The highest BCUT2D eigenvalue weighted by Crippen LogP contribution is 2.27. The molecule has 11 heteroatoms. The summed E-state index contributed by atoms with van der Waals surface area (Å²) in [5.41, 5.74) is 1.37. The fourth-order valence-electron chi connectivity index (χ4n) is 4.79. The van der Waals surface area contributed by atoms with E-state index in [4.69, 9.17) is 4.74 Å². The van der Waals surface area contributed by atoms with E-state index < -0.39 is 46.1 Å². The molecule has 2 atom stereocenters. The van der Waals surface area contributed by atoms with Gasteiger partial charge in [-0.3, -0.25) is 13.9 Å². The molecule has 46 heavy (non-hydrogen) atoms. The molecule has 0 fully saturated rings. The molecule has 8 nitrogen and oxygen atoms in total. The molecule has 0 aromatic heterocycles. The maximum absolute atomic E-state index is 14.4. The normalized spacial score (nSPS) is 12.5. The Morgan fingerprint density at radius 1 is 0.826 bits per heavy atom. The number of nitrogens with one attached hydrogen (secondary N) is 1. The number of hydrogen-bond acceptors (Lipinski definition) is 5. The van der Waals surface area contributed by atoms with Gasteiger partial charge in [0.15, 0.2) is 0 Å². The van der Waals surface area contributed by atoms with Crippen LogP contribution in [-0.4, -0.2) is 50.9 Å². The molecule has 0 saturated heterocycles. The number of methoxy groups -OCH3 is 1. The van der Waals surface area contributed by atoms with Crippen LogP contribution in [0.2, 0.25) is 0 Å². The van der Waals surface area contributed by atoms with Gasteiger partial charge in [-0.1, -0.05) is 49.4 Å². The molecule has 0 bridgehead atoms. The number of benzene rings is 4. The molecule has 4 aromatic carbocycles. The van der Waals surface area contributed by atoms with Crippen molar-refractivity contribution in [2.24, 2.45) is 0 Å². The summed E-state index contributed by atoms with van der Waals surface area (Å²) in [5.74, 6) is -1.72. The van der Waals surface area contributed by atoms with E-state index in [0.717, 1.165) is 22.0 Å². The van der Waals surface area contributed by atoms with Crippen LogP contribution in [0.3, 0.4) is 0 Å². The fraction of sp³-hybridized carbons (Fsp3) is 0.257. The van der Waals surface area contributed by atoms with Gasteiger partial charge in [0.2, 0.25) is 11.8 Å². The first-order valence-corrected chi connectivity index (χ1v) is 16.3. The van der Waals surface area contributed by atoms with Gasteiger partial charge in [0.25, 0.3) is 10.0 Å². The summed E-state index contributed by atoms with van der Waals surface area (Å²) >= 11 is 0. The Balaban J connectivity index is 1.80. The maximum Gasteiger partial charge on any atom is 0.264 e. The van der Waals surface area contributed by atoms with Crippen molar-refractivity contribution in [2.75, 3.05) is 18.0 Å². The Labute approximate surface area is 268 Å². The fourth-order valence-corrected chi connectivity index (χ4v) is 6.21. The van der Waals surface area contributed by atoms with Crippen LogP contribution in [0.1, 0.15) is 31.4 Å². The minimum atomic E-state index is -4.37. The molecule has 4 rings (SSSR count). The molecule has 0 aliphatic carbocycles. The number of rotatable bonds is 14. The van der Waals surface area contributed by atoms with Crippen LogP contribution < -0.4 is 14.4 Å². The van der Waals surface area contributed by atoms with Crippen LogP contribution in [0.25, 0.3) is 0 Å². The predicted octanol–water partition coefficient (Wildman–Crippen LogP) is 5.72. The first-order chi connectivity index (χ1) is 22.0. The Kier molecular flexibility index (Phi) is 11.5. The van der Waals surface area contributed by atoms with Gasteiger partial charge in [-0.15, -0.1) is 0 Å². The second kappa shape index (κ2) is 15.5. The average Bonchev–Trinajstić information content (AvgIpc) is 3.06. The van der Waals surface area contributed by atoms with Gasteiger partial charge in [-0.2, -0.15) is 0 Å². The molecular weight excluding hydrogens is 612 g/mol. The number of hydrogen-bond donors (Lipinski definition) is 1. The van der Waals surface area contributed by atoms with Crippen LogP contribution in [0.15, 0.2) is 108 Å². The third kappa shape index (κ3) is 8.69. The topological polar surface area (TPSA) is 96.0 Å². The van der Waals surface area contributed by atoms with E-state index in [0.29, 0.717) is 17.7 Å². The van der Waals surface area contributed by atoms with E-state index >= 15 is 0 Å². The predicted molar refractivity (Wildman–Crippen MR) is 173 cm³/mol. The molecule has 0 aliphatic rings. The van der Waals surface area contributed by atoms with Gasteiger partial charge >= 0.3 is 0 Å². The summed E-state index contributed by atoms with van der Waals surface area (Å²) in [6.45, 7) is 2.96. The largest absolute Gasteiger partial charge is 0.497 e. The quantitative estimate of drug-likeness (QED) is 0.189. The lowest BCUT2D eigenvalue weighted by Gasteiger charge is -2.34. The molecular formula is C35H37F2N3O5S. The van der Waals surface area contributed by atoms with Crippen molar-refractivity contribution < 1.29 is 31.5 Å². The Hall–Kier alpha value is -4.77. The average molecular weight is 650 g/mol. The van der Waals surface area contributed by atoms with Crippen molar-refractivity contribution in [1.29, 1.82) is 0 Å². The number of carbonyl (C=O) groups excluding carboxylic acids is 2. The van der Waals surface area contributed by atoms with Crippen LogP contribution >= 0.6 is 0 Å². The number of nitrogens with zero attached hydrogens (tertiary/aromatic N) is 2. The lowest BCUT2D eigenvalue weighted by Crippen LogP contribution is -2.54. The second-order valence-corrected chi connectivity index (χ2v) is 12.7. The summed E-state index contributed by atoms with van der Waals surface area (Å²) in [7, 11) is -2.92. The highest BCUT2D eigenvalue weighted by atomic mass is 32.2. The zero-order valence-corrected chi connectivity index (χ0v) is 26.7. The summed E-state index contributed by atoms with van der Waals surface area (Å²) in [4.78, 5) is 29.4. The van der Waals surface area contributed by atoms with Gasteiger partial charge in [-0.05, 0) is 85.1 Å². The van der Waals surface area contributed by atoms with E-state index in [2.05, 4.69) is 5.32 Å². The zero-order chi connectivity index (χ0) is 33.3. The number of sulfonamides is 1. The van der Waals surface area contributed by atoms with Crippen molar-refractivity contribution in [2.45, 2.75) is 50.2 Å². The second-order valence-electron chi connectivity index (χ2n) is 10.8. The van der Waals surface area contributed by atoms with Crippen LogP contribution in [0, 0.1) is 11.6 Å². The molecule has 0 radical (unpaired) electrons. The molecule has 0 aliphatic heterocycles. The number of ether oxygens (including phenoxy) is 1. The van der Waals surface area contributed by atoms with Crippen molar-refractivity contribution in [3.63, 3.8) is 0 Å². The van der Waals surface area contributed by atoms with E-state index in [9.17, 15) is 26.8 Å². The van der Waals surface area contributed by atoms with E-state index in [1.54, 1.807) is 0 Å². The van der Waals surface area contributed by atoms with Gasteiger partial charge in [-0.25, -0.2) is 17.2 Å². The van der Waals surface area contributed by atoms with Crippen molar-refractivity contribution in [3.05, 3.63) is 126 Å². The van der Waals surface area contributed by atoms with Crippen molar-refractivity contribution >= 4 is 27.5 Å². The minimum Gasteiger partial charge on any atom is -0.497 e. The van der Waals surface area contributed by atoms with Gasteiger partial charge < -0.3 is 15.0 Å². The minimum absolute atomic E-state index is 0.0518. The maximum atomic E-state index is 14.4. The number of halogens is 2. The number of anilines is 1. The van der Waals surface area contributed by atoms with Crippen LogP contribution in [0.5, 0.6) is 5.75 Å². The third-order valence-corrected chi connectivity index (χ3v) is 9.37. The summed E-state index contributed by atoms with van der Waals surface area (Å²) in [6, 6.07) is 23.8. The molecule has 0 saturated carbocycles. The van der Waals surface area contributed by atoms with E-state index in [1.165, 1.54) is 72.7 Å². The SMILES string of the molecule is CCC(C)NC(=O)C(Cc1ccccc1)N(Cc1ccc(F)cc1)C(=O)CN(c1ccc(F)cc1)S(=O)(=O)c1ccc(OC)cc1. The van der Waals surface area contributed by atoms with Gasteiger partial charge in [0, 0.05) is 19.0 Å². The highest BCUT2D eigenvalue weighted by molar-refractivity contribution is 7.92. The lowest BCUT2D eigenvalue weighted by atomic mass is 10.0. The van der Waals surface area contributed by atoms with Crippen LogP contribution in [0.4, 0.5) is 14.5 Å². The Morgan fingerprint density at radius 2 is 1.41 bits per heavy atom. The Morgan fingerprint density at radius 3 is 1.98 bits per heavy atom. The molecule has 0 spiro atoms. The summed E-state index contributed by atoms with van der Waals surface area (Å²) < 4.78 is 61.9. The summed E-state index contributed by atoms with van der Waals surface area (Å²) in [5, 5.41) is 2.96. The van der Waals surface area contributed by atoms with Crippen molar-refractivity contribution in [1.82, 2.24) is 10.2 Å². The van der Waals surface area contributed by atoms with E-state index in [1.807, 2.05) is 44.2 Å². The first kappa shape index (κ1) is 34.1. The molecule has 2 amide bonds. The third-order valence-electron chi connectivity index (χ3n) is 7.58. The van der Waals surface area contributed by atoms with Crippen LogP contribution in [-0.2, 0) is 32.6 Å². The monoisotopic (exact) mass is 649 g/mol. The highest BCUT2D eigenvalue weighted by Gasteiger charge is 2.35. The molecule has 0 heterocycles. The lowest BCUT2D eigenvalue weighted by molar-refractivity contribution is -0.140. The van der Waals surface area contributed by atoms with Crippen molar-refractivity contribution in [3.8, 4) is 5.75 Å². The standard InChI is InChI=1S/C35H37F2N3O5S/c1-4-25(2)38-35(42)33(22-26-8-6-5-7-9-26)39(23-27-10-12-28(36)13-11-27)34(41)24-40(30-16-14-29(37)15-17-30)46(43,44)32-20-18-31(45-3)19-21-32/h5-21,25,33H,4,22-24H2,1-3H3,(H,38,42). The first-order valence-electron chi connectivity index (χ1n) is 14.8. The number of amides is 2. The molecule has 4 aromatic rings. The summed E-state index contributed by atoms with van der Waals surface area (Å²) in [6.07, 6.45) is 0.784. The van der Waals surface area contributed by atoms with Gasteiger partial charge in [0.1, 0.15) is 30.0 Å². The Bertz CT molecular complexity index is 1700. The number of carbonyl (C=O) groups is 2.